The molecular weight excluding hydrogens is 206 g/mol. The van der Waals surface area contributed by atoms with Crippen LogP contribution >= 0.6 is 0 Å². The van der Waals surface area contributed by atoms with Crippen molar-refractivity contribution in [3.8, 4) is 11.5 Å². The molecule has 0 saturated heterocycles. The average molecular weight is 219 g/mol. The Bertz CT molecular complexity index is 437. The van der Waals surface area contributed by atoms with Crippen LogP contribution in [0, 0.1) is 0 Å². The monoisotopic (exact) mass is 219 g/mol. The summed E-state index contributed by atoms with van der Waals surface area (Å²) >= 11 is 0. The number of hydrogen-bond acceptors (Lipinski definition) is 6. The van der Waals surface area contributed by atoms with Crippen LogP contribution in [-0.4, -0.2) is 26.7 Å². The van der Waals surface area contributed by atoms with Gasteiger partial charge in [-0.3, -0.25) is 4.98 Å². The quantitative estimate of drug-likeness (QED) is 0.824. The summed E-state index contributed by atoms with van der Waals surface area (Å²) in [7, 11) is 0. The molecule has 0 spiro atoms. The van der Waals surface area contributed by atoms with E-state index in [-0.39, 0.29) is 5.92 Å². The zero-order valence-electron chi connectivity index (χ0n) is 9.00. The minimum Gasteiger partial charge on any atom is -0.339 e. The van der Waals surface area contributed by atoms with Gasteiger partial charge in [-0.1, -0.05) is 12.1 Å². The Morgan fingerprint density at radius 3 is 2.94 bits per heavy atom. The maximum absolute atomic E-state index is 5.61. The highest BCUT2D eigenvalue weighted by Gasteiger charge is 2.16. The smallest absolute Gasteiger partial charge is 0.231 e. The maximum atomic E-state index is 5.61. The topological polar surface area (TPSA) is 90.7 Å². The van der Waals surface area contributed by atoms with Crippen molar-refractivity contribution in [2.75, 3.05) is 6.54 Å². The van der Waals surface area contributed by atoms with Crippen LogP contribution in [0.15, 0.2) is 23.1 Å². The second kappa shape index (κ2) is 4.80. The molecule has 0 saturated carbocycles. The van der Waals surface area contributed by atoms with E-state index in [1.807, 2.05) is 6.92 Å². The van der Waals surface area contributed by atoms with Crippen molar-refractivity contribution in [1.82, 2.24) is 20.1 Å². The van der Waals surface area contributed by atoms with Gasteiger partial charge in [0, 0.05) is 18.9 Å². The van der Waals surface area contributed by atoms with Crippen LogP contribution in [0.4, 0.5) is 0 Å². The fraction of sp³-hybridized carbons (Fsp3) is 0.400. The first-order valence-corrected chi connectivity index (χ1v) is 5.15. The molecule has 2 aromatic heterocycles. The highest BCUT2D eigenvalue weighted by Crippen LogP contribution is 2.19. The summed E-state index contributed by atoms with van der Waals surface area (Å²) in [5.41, 5.74) is 6.21. The standard InChI is InChI=1S/C10H13N5O/c1-2-7(5-11)10-14-9(15-16-10)8-6-12-3-4-13-8/h3-4,6-7H,2,5,11H2,1H3. The van der Waals surface area contributed by atoms with Gasteiger partial charge in [-0.2, -0.15) is 4.98 Å². The molecule has 16 heavy (non-hydrogen) atoms. The summed E-state index contributed by atoms with van der Waals surface area (Å²) < 4.78 is 5.15. The molecule has 1 unspecified atom stereocenters. The van der Waals surface area contributed by atoms with Crippen LogP contribution in [0.2, 0.25) is 0 Å². The highest BCUT2D eigenvalue weighted by atomic mass is 16.5. The molecule has 84 valence electrons. The van der Waals surface area contributed by atoms with Gasteiger partial charge in [0.25, 0.3) is 0 Å². The molecule has 0 amide bonds. The molecule has 0 radical (unpaired) electrons. The van der Waals surface area contributed by atoms with Crippen LogP contribution in [0.1, 0.15) is 25.2 Å². The highest BCUT2D eigenvalue weighted by molar-refractivity contribution is 5.45. The summed E-state index contributed by atoms with van der Waals surface area (Å²) in [6, 6.07) is 0. The van der Waals surface area contributed by atoms with Crippen molar-refractivity contribution in [2.24, 2.45) is 5.73 Å². The zero-order chi connectivity index (χ0) is 11.4. The third kappa shape index (κ3) is 2.06. The molecule has 0 aliphatic heterocycles. The molecule has 0 fully saturated rings. The molecule has 0 bridgehead atoms. The minimum absolute atomic E-state index is 0.109. The van der Waals surface area contributed by atoms with E-state index in [2.05, 4.69) is 20.1 Å². The zero-order valence-corrected chi connectivity index (χ0v) is 9.00. The molecule has 2 N–H and O–H groups in total. The normalized spacial score (nSPS) is 12.6. The van der Waals surface area contributed by atoms with E-state index >= 15 is 0 Å². The average Bonchev–Trinajstić information content (AvgIpc) is 2.81. The summed E-state index contributed by atoms with van der Waals surface area (Å²) in [5.74, 6) is 1.12. The van der Waals surface area contributed by atoms with Crippen molar-refractivity contribution in [3.63, 3.8) is 0 Å². The molecule has 1 atom stereocenters. The van der Waals surface area contributed by atoms with Crippen molar-refractivity contribution < 1.29 is 4.52 Å². The third-order valence-electron chi connectivity index (χ3n) is 2.36. The maximum Gasteiger partial charge on any atom is 0.231 e. The predicted molar refractivity (Wildman–Crippen MR) is 57.4 cm³/mol. The molecule has 6 heteroatoms. The van der Waals surface area contributed by atoms with Gasteiger partial charge in [-0.25, -0.2) is 4.98 Å². The first-order chi connectivity index (χ1) is 7.85. The Hall–Kier alpha value is -1.82. The molecule has 2 rings (SSSR count). The van der Waals surface area contributed by atoms with Gasteiger partial charge in [-0.05, 0) is 6.42 Å². The Labute approximate surface area is 92.9 Å². The van der Waals surface area contributed by atoms with E-state index in [4.69, 9.17) is 10.3 Å². The second-order valence-electron chi connectivity index (χ2n) is 3.39. The van der Waals surface area contributed by atoms with Crippen molar-refractivity contribution >= 4 is 0 Å². The number of hydrogen-bond donors (Lipinski definition) is 1. The fourth-order valence-corrected chi connectivity index (χ4v) is 1.36. The lowest BCUT2D eigenvalue weighted by Crippen LogP contribution is -2.11. The molecular formula is C10H13N5O. The number of nitrogens with two attached hydrogens (primary N) is 1. The van der Waals surface area contributed by atoms with Gasteiger partial charge in [-0.15, -0.1) is 0 Å². The van der Waals surface area contributed by atoms with Crippen LogP contribution < -0.4 is 5.73 Å². The summed E-state index contributed by atoms with van der Waals surface area (Å²) in [6.07, 6.45) is 5.65. The van der Waals surface area contributed by atoms with E-state index in [9.17, 15) is 0 Å². The summed E-state index contributed by atoms with van der Waals surface area (Å²) in [4.78, 5) is 12.3. The van der Waals surface area contributed by atoms with Crippen molar-refractivity contribution in [3.05, 3.63) is 24.5 Å². The molecule has 6 nitrogen and oxygen atoms in total. The van der Waals surface area contributed by atoms with E-state index in [0.717, 1.165) is 6.42 Å². The largest absolute Gasteiger partial charge is 0.339 e. The van der Waals surface area contributed by atoms with Crippen molar-refractivity contribution in [1.29, 1.82) is 0 Å². The van der Waals surface area contributed by atoms with Crippen LogP contribution in [0.5, 0.6) is 0 Å². The van der Waals surface area contributed by atoms with E-state index in [1.54, 1.807) is 18.6 Å². The van der Waals surface area contributed by atoms with Gasteiger partial charge < -0.3 is 10.3 Å². The van der Waals surface area contributed by atoms with Crippen molar-refractivity contribution in [2.45, 2.75) is 19.3 Å². The lowest BCUT2D eigenvalue weighted by atomic mass is 10.1. The van der Waals surface area contributed by atoms with Crippen LogP contribution in [0.25, 0.3) is 11.5 Å². The Morgan fingerprint density at radius 1 is 1.44 bits per heavy atom. The molecule has 2 heterocycles. The lowest BCUT2D eigenvalue weighted by molar-refractivity contribution is 0.351. The van der Waals surface area contributed by atoms with Crippen LogP contribution in [-0.2, 0) is 0 Å². The Balaban J connectivity index is 2.26. The Morgan fingerprint density at radius 2 is 2.31 bits per heavy atom. The third-order valence-corrected chi connectivity index (χ3v) is 2.36. The lowest BCUT2D eigenvalue weighted by Gasteiger charge is -2.04. The van der Waals surface area contributed by atoms with E-state index in [0.29, 0.717) is 24.0 Å². The first-order valence-electron chi connectivity index (χ1n) is 5.15. The fourth-order valence-electron chi connectivity index (χ4n) is 1.36. The summed E-state index contributed by atoms with van der Waals surface area (Å²) in [6.45, 7) is 2.53. The predicted octanol–water partition coefficient (Wildman–Crippen LogP) is 0.979. The first kappa shape index (κ1) is 10.7. The van der Waals surface area contributed by atoms with E-state index < -0.39 is 0 Å². The van der Waals surface area contributed by atoms with Crippen LogP contribution in [0.3, 0.4) is 0 Å². The second-order valence-corrected chi connectivity index (χ2v) is 3.39. The molecule has 2 aromatic rings. The minimum atomic E-state index is 0.109. The molecule has 0 aliphatic carbocycles. The van der Waals surface area contributed by atoms with E-state index in [1.165, 1.54) is 0 Å². The number of nitrogens with zero attached hydrogens (tertiary/aromatic N) is 4. The van der Waals surface area contributed by atoms with Gasteiger partial charge in [0.05, 0.1) is 12.1 Å². The molecule has 0 aromatic carbocycles. The van der Waals surface area contributed by atoms with Gasteiger partial charge >= 0.3 is 0 Å². The van der Waals surface area contributed by atoms with Gasteiger partial charge in [0.15, 0.2) is 0 Å². The SMILES string of the molecule is CCC(CN)c1nc(-c2cnccn2)no1. The number of rotatable bonds is 4. The summed E-state index contributed by atoms with van der Waals surface area (Å²) in [5, 5.41) is 3.86. The van der Waals surface area contributed by atoms with Gasteiger partial charge in [0.1, 0.15) is 5.69 Å². The van der Waals surface area contributed by atoms with Gasteiger partial charge in [0.2, 0.25) is 11.7 Å². The number of aromatic nitrogens is 4. The molecule has 0 aliphatic rings. The Kier molecular flexibility index (Phi) is 3.21.